The highest BCUT2D eigenvalue weighted by atomic mass is 79.9. The van der Waals surface area contributed by atoms with Crippen LogP contribution in [0.25, 0.3) is 0 Å². The van der Waals surface area contributed by atoms with Gasteiger partial charge in [0, 0.05) is 10.0 Å². The van der Waals surface area contributed by atoms with E-state index in [9.17, 15) is 5.11 Å². The minimum absolute atomic E-state index is 0.467. The van der Waals surface area contributed by atoms with Gasteiger partial charge >= 0.3 is 0 Å². The molecule has 0 saturated carbocycles. The highest BCUT2D eigenvalue weighted by Crippen LogP contribution is 2.27. The lowest BCUT2D eigenvalue weighted by atomic mass is 9.95. The first-order valence-electron chi connectivity index (χ1n) is 4.69. The zero-order valence-corrected chi connectivity index (χ0v) is 11.8. The molecule has 5 heteroatoms. The standard InChI is InChI=1S/C11H14BrNO2S/c1-11(2,14)10(13-16)8-6-7(12)4-5-9(8)15-3/h4-6,14,16H,1-3H3/b13-10-. The molecule has 88 valence electrons. The molecule has 0 heterocycles. The Bertz CT molecular complexity index is 413. The second kappa shape index (κ2) is 5.21. The van der Waals surface area contributed by atoms with Gasteiger partial charge in [-0.05, 0) is 44.9 Å². The summed E-state index contributed by atoms with van der Waals surface area (Å²) in [7, 11) is 1.58. The van der Waals surface area contributed by atoms with E-state index in [1.165, 1.54) is 0 Å². The summed E-state index contributed by atoms with van der Waals surface area (Å²) in [5.74, 6) is 0.651. The summed E-state index contributed by atoms with van der Waals surface area (Å²) in [6.45, 7) is 3.31. The van der Waals surface area contributed by atoms with Gasteiger partial charge in [-0.15, -0.1) is 0 Å². The number of hydrogen-bond donors (Lipinski definition) is 2. The Balaban J connectivity index is 3.35. The van der Waals surface area contributed by atoms with E-state index in [1.54, 1.807) is 21.0 Å². The van der Waals surface area contributed by atoms with Crippen molar-refractivity contribution >= 4 is 34.5 Å². The van der Waals surface area contributed by atoms with Crippen LogP contribution in [0, 0.1) is 0 Å². The smallest absolute Gasteiger partial charge is 0.128 e. The normalized spacial score (nSPS) is 12.8. The average molecular weight is 304 g/mol. The molecule has 0 bridgehead atoms. The fourth-order valence-electron chi connectivity index (χ4n) is 1.37. The van der Waals surface area contributed by atoms with Gasteiger partial charge in [0.2, 0.25) is 0 Å². The number of ether oxygens (including phenoxy) is 1. The number of halogens is 1. The maximum atomic E-state index is 9.99. The number of aliphatic hydroxyl groups is 1. The van der Waals surface area contributed by atoms with Crippen molar-refractivity contribution in [2.24, 2.45) is 4.40 Å². The molecule has 0 aliphatic carbocycles. The lowest BCUT2D eigenvalue weighted by Crippen LogP contribution is -2.32. The molecule has 1 aromatic carbocycles. The summed E-state index contributed by atoms with van der Waals surface area (Å²) in [6, 6.07) is 5.51. The largest absolute Gasteiger partial charge is 0.496 e. The van der Waals surface area contributed by atoms with Crippen LogP contribution < -0.4 is 4.74 Å². The minimum atomic E-state index is -1.07. The van der Waals surface area contributed by atoms with E-state index < -0.39 is 5.60 Å². The minimum Gasteiger partial charge on any atom is -0.496 e. The van der Waals surface area contributed by atoms with Crippen molar-refractivity contribution in [1.29, 1.82) is 0 Å². The Morgan fingerprint density at radius 2 is 2.12 bits per heavy atom. The van der Waals surface area contributed by atoms with Crippen LogP contribution in [0.2, 0.25) is 0 Å². The predicted molar refractivity (Wildman–Crippen MR) is 72.5 cm³/mol. The molecule has 1 rings (SSSR count). The summed E-state index contributed by atoms with van der Waals surface area (Å²) in [5.41, 5.74) is 0.115. The van der Waals surface area contributed by atoms with Crippen LogP contribution in [0.1, 0.15) is 19.4 Å². The van der Waals surface area contributed by atoms with Crippen LogP contribution in [0.4, 0.5) is 0 Å². The van der Waals surface area contributed by atoms with E-state index in [2.05, 4.69) is 33.1 Å². The lowest BCUT2D eigenvalue weighted by molar-refractivity contribution is 0.154. The van der Waals surface area contributed by atoms with Crippen molar-refractivity contribution in [3.63, 3.8) is 0 Å². The zero-order chi connectivity index (χ0) is 12.3. The fraction of sp³-hybridized carbons (Fsp3) is 0.364. The van der Waals surface area contributed by atoms with Crippen LogP contribution in [0.3, 0.4) is 0 Å². The van der Waals surface area contributed by atoms with Gasteiger partial charge in [0.15, 0.2) is 0 Å². The maximum absolute atomic E-state index is 9.99. The number of thiol groups is 1. The SMILES string of the molecule is COc1ccc(Br)cc1/C(=N/S)C(C)(C)O. The van der Waals surface area contributed by atoms with Crippen LogP contribution in [0.15, 0.2) is 27.1 Å². The Hall–Kier alpha value is -0.520. The number of hydrogen-bond acceptors (Lipinski definition) is 4. The molecular weight excluding hydrogens is 290 g/mol. The van der Waals surface area contributed by atoms with Crippen LogP contribution in [-0.2, 0) is 0 Å². The summed E-state index contributed by atoms with van der Waals surface area (Å²) in [4.78, 5) is 0. The Kier molecular flexibility index (Phi) is 4.41. The molecule has 0 saturated heterocycles. The van der Waals surface area contributed by atoms with Gasteiger partial charge in [-0.2, -0.15) is 0 Å². The zero-order valence-electron chi connectivity index (χ0n) is 9.36. The quantitative estimate of drug-likeness (QED) is 0.666. The van der Waals surface area contributed by atoms with Gasteiger partial charge in [-0.25, -0.2) is 4.40 Å². The fourth-order valence-corrected chi connectivity index (χ4v) is 2.08. The van der Waals surface area contributed by atoms with E-state index in [1.807, 2.05) is 18.2 Å². The third-order valence-electron chi connectivity index (χ3n) is 2.10. The predicted octanol–water partition coefficient (Wildman–Crippen LogP) is 2.86. The number of benzene rings is 1. The molecule has 0 aromatic heterocycles. The van der Waals surface area contributed by atoms with E-state index in [-0.39, 0.29) is 0 Å². The number of methoxy groups -OCH3 is 1. The van der Waals surface area contributed by atoms with Crippen molar-refractivity contribution in [3.05, 3.63) is 28.2 Å². The van der Waals surface area contributed by atoms with Crippen LogP contribution >= 0.6 is 28.7 Å². The highest BCUT2D eigenvalue weighted by molar-refractivity contribution is 9.10. The van der Waals surface area contributed by atoms with Gasteiger partial charge < -0.3 is 9.84 Å². The van der Waals surface area contributed by atoms with E-state index in [0.29, 0.717) is 11.5 Å². The maximum Gasteiger partial charge on any atom is 0.128 e. The van der Waals surface area contributed by atoms with E-state index in [0.717, 1.165) is 10.0 Å². The first-order valence-corrected chi connectivity index (χ1v) is 5.88. The average Bonchev–Trinajstić information content (AvgIpc) is 2.17. The van der Waals surface area contributed by atoms with Crippen molar-refractivity contribution in [2.75, 3.05) is 7.11 Å². The number of rotatable bonds is 3. The molecule has 0 amide bonds. The van der Waals surface area contributed by atoms with Crippen molar-refractivity contribution in [2.45, 2.75) is 19.4 Å². The van der Waals surface area contributed by atoms with Crippen LogP contribution in [-0.4, -0.2) is 23.5 Å². The van der Waals surface area contributed by atoms with E-state index >= 15 is 0 Å². The van der Waals surface area contributed by atoms with Crippen molar-refractivity contribution in [1.82, 2.24) is 0 Å². The van der Waals surface area contributed by atoms with Crippen molar-refractivity contribution < 1.29 is 9.84 Å². The highest BCUT2D eigenvalue weighted by Gasteiger charge is 2.25. The lowest BCUT2D eigenvalue weighted by Gasteiger charge is -2.21. The molecule has 0 atom stereocenters. The molecule has 0 aliphatic rings. The summed E-state index contributed by atoms with van der Waals surface area (Å²) in [6.07, 6.45) is 0. The molecule has 3 nitrogen and oxygen atoms in total. The first kappa shape index (κ1) is 13.5. The molecule has 0 aliphatic heterocycles. The van der Waals surface area contributed by atoms with Gasteiger partial charge in [0.25, 0.3) is 0 Å². The van der Waals surface area contributed by atoms with Gasteiger partial charge in [-0.1, -0.05) is 15.9 Å². The second-order valence-corrected chi connectivity index (χ2v) is 4.97. The molecular formula is C11H14BrNO2S. The van der Waals surface area contributed by atoms with Gasteiger partial charge in [0.05, 0.1) is 12.8 Å². The van der Waals surface area contributed by atoms with Crippen molar-refractivity contribution in [3.8, 4) is 5.75 Å². The molecule has 1 N–H and O–H groups in total. The molecule has 0 fully saturated rings. The molecule has 0 spiro atoms. The van der Waals surface area contributed by atoms with Crippen LogP contribution in [0.5, 0.6) is 5.75 Å². The topological polar surface area (TPSA) is 41.8 Å². The van der Waals surface area contributed by atoms with E-state index in [4.69, 9.17) is 4.74 Å². The molecule has 0 radical (unpaired) electrons. The Morgan fingerprint density at radius 3 is 2.56 bits per heavy atom. The molecule has 16 heavy (non-hydrogen) atoms. The van der Waals surface area contributed by atoms with Gasteiger partial charge in [0.1, 0.15) is 11.4 Å². The third kappa shape index (κ3) is 2.99. The third-order valence-corrected chi connectivity index (χ3v) is 2.79. The molecule has 0 unspecified atom stereocenters. The summed E-state index contributed by atoms with van der Waals surface area (Å²) < 4.78 is 9.96. The van der Waals surface area contributed by atoms with Gasteiger partial charge in [-0.3, -0.25) is 0 Å². The first-order chi connectivity index (χ1) is 7.40. The Morgan fingerprint density at radius 1 is 1.50 bits per heavy atom. The second-order valence-electron chi connectivity index (χ2n) is 3.85. The summed E-state index contributed by atoms with van der Waals surface area (Å²) in [5, 5.41) is 9.99. The summed E-state index contributed by atoms with van der Waals surface area (Å²) >= 11 is 7.27. The molecule has 1 aromatic rings. The Labute approximate surface area is 109 Å². The monoisotopic (exact) mass is 303 g/mol. The number of nitrogens with zero attached hydrogens (tertiary/aromatic N) is 1.